The van der Waals surface area contributed by atoms with Crippen LogP contribution in [-0.4, -0.2) is 27.5 Å². The molecule has 50 heavy (non-hydrogen) atoms. The monoisotopic (exact) mass is 695 g/mol. The van der Waals surface area contributed by atoms with Gasteiger partial charge >= 0.3 is 5.97 Å². The summed E-state index contributed by atoms with van der Waals surface area (Å²) >= 11 is 2.97. The number of nitrogens with zero attached hydrogens (tertiary/aromatic N) is 3. The van der Waals surface area contributed by atoms with Crippen LogP contribution in [0, 0.1) is 6.92 Å². The number of rotatable bonds is 8. The van der Waals surface area contributed by atoms with Crippen LogP contribution in [0.5, 0.6) is 0 Å². The summed E-state index contributed by atoms with van der Waals surface area (Å²) in [7, 11) is 0. The van der Waals surface area contributed by atoms with Gasteiger partial charge in [-0.25, -0.2) is 9.79 Å². The summed E-state index contributed by atoms with van der Waals surface area (Å²) in [5, 5.41) is 0. The van der Waals surface area contributed by atoms with Crippen LogP contribution in [0.1, 0.15) is 43.5 Å². The first kappa shape index (κ1) is 33.3. The molecule has 0 fully saturated rings. The van der Waals surface area contributed by atoms with Gasteiger partial charge in [-0.3, -0.25) is 9.36 Å². The number of aromatic nitrogens is 2. The van der Waals surface area contributed by atoms with E-state index in [4.69, 9.17) is 9.73 Å². The Kier molecular flexibility index (Phi) is 9.31. The van der Waals surface area contributed by atoms with Crippen molar-refractivity contribution in [3.63, 3.8) is 0 Å². The average Bonchev–Trinajstić information content (AvgIpc) is 3.65. The van der Waals surface area contributed by atoms with Crippen molar-refractivity contribution in [3.05, 3.63) is 163 Å². The molecule has 1 aliphatic heterocycles. The van der Waals surface area contributed by atoms with Crippen LogP contribution in [0.3, 0.4) is 0 Å². The number of carbonyl (C=O) groups excluding carboxylic acids is 1. The Bertz CT molecular complexity index is 2400. The van der Waals surface area contributed by atoms with E-state index in [0.29, 0.717) is 20.6 Å². The van der Waals surface area contributed by atoms with Crippen LogP contribution in [0.2, 0.25) is 0 Å². The van der Waals surface area contributed by atoms with Gasteiger partial charge in [0.05, 0.1) is 39.3 Å². The molecular formula is C42H37N3O3S2. The molecule has 7 rings (SSSR count). The lowest BCUT2D eigenvalue weighted by atomic mass is 9.96. The van der Waals surface area contributed by atoms with Crippen molar-refractivity contribution in [1.82, 2.24) is 9.13 Å². The topological polar surface area (TPSA) is 65.6 Å². The third kappa shape index (κ3) is 6.32. The summed E-state index contributed by atoms with van der Waals surface area (Å²) in [4.78, 5) is 34.7. The predicted molar refractivity (Wildman–Crippen MR) is 205 cm³/mol. The van der Waals surface area contributed by atoms with Crippen LogP contribution in [0.25, 0.3) is 34.3 Å². The van der Waals surface area contributed by atoms with Gasteiger partial charge in [0.2, 0.25) is 0 Å². The Morgan fingerprint density at radius 2 is 1.52 bits per heavy atom. The molecule has 0 N–H and O–H groups in total. The lowest BCUT2D eigenvalue weighted by Crippen LogP contribution is -2.40. The van der Waals surface area contributed by atoms with E-state index in [1.807, 2.05) is 93.8 Å². The molecular weight excluding hydrogens is 659 g/mol. The van der Waals surface area contributed by atoms with E-state index in [2.05, 4.69) is 66.1 Å². The molecule has 0 saturated heterocycles. The van der Waals surface area contributed by atoms with Crippen molar-refractivity contribution in [3.8, 4) is 28.2 Å². The molecule has 6 nitrogen and oxygen atoms in total. The van der Waals surface area contributed by atoms with E-state index >= 15 is 0 Å². The highest BCUT2D eigenvalue weighted by atomic mass is 32.2. The number of fused-ring (bicyclic) bond motifs is 1. The zero-order valence-electron chi connectivity index (χ0n) is 28.6. The molecule has 6 aromatic rings. The predicted octanol–water partition coefficient (Wildman–Crippen LogP) is 8.34. The van der Waals surface area contributed by atoms with Gasteiger partial charge in [-0.15, -0.1) is 11.8 Å². The molecule has 0 radical (unpaired) electrons. The second-order valence-electron chi connectivity index (χ2n) is 12.5. The molecule has 1 atom stereocenters. The smallest absolute Gasteiger partial charge is 0.338 e. The molecule has 8 heteroatoms. The lowest BCUT2D eigenvalue weighted by molar-refractivity contribution is -0.143. The molecule has 3 heterocycles. The molecule has 0 aliphatic carbocycles. The number of thioether (sulfide) groups is 1. The summed E-state index contributed by atoms with van der Waals surface area (Å²) < 4.78 is 10.2. The third-order valence-electron chi connectivity index (χ3n) is 8.74. The van der Waals surface area contributed by atoms with Crippen molar-refractivity contribution in [2.45, 2.75) is 44.7 Å². The van der Waals surface area contributed by atoms with E-state index in [-0.39, 0.29) is 11.7 Å². The van der Waals surface area contributed by atoms with Crippen LogP contribution in [0.4, 0.5) is 0 Å². The van der Waals surface area contributed by atoms with E-state index in [1.165, 1.54) is 16.9 Å². The summed E-state index contributed by atoms with van der Waals surface area (Å²) in [6.45, 7) is 7.55. The fourth-order valence-electron chi connectivity index (χ4n) is 6.42. The number of benzene rings is 4. The fourth-order valence-corrected chi connectivity index (χ4v) is 7.86. The van der Waals surface area contributed by atoms with Gasteiger partial charge in [-0.2, -0.15) is 0 Å². The molecule has 0 amide bonds. The van der Waals surface area contributed by atoms with Gasteiger partial charge in [-0.1, -0.05) is 102 Å². The van der Waals surface area contributed by atoms with Crippen LogP contribution in [-0.2, 0) is 9.53 Å². The number of esters is 1. The van der Waals surface area contributed by atoms with E-state index < -0.39 is 12.0 Å². The van der Waals surface area contributed by atoms with Crippen molar-refractivity contribution < 1.29 is 9.53 Å². The highest BCUT2D eigenvalue weighted by molar-refractivity contribution is 7.98. The third-order valence-corrected chi connectivity index (χ3v) is 10.5. The Balaban J connectivity index is 1.49. The van der Waals surface area contributed by atoms with Crippen molar-refractivity contribution in [1.29, 1.82) is 0 Å². The normalized spacial score (nSPS) is 14.5. The standard InChI is InChI=1S/C42H37N3O3S2/c1-26(2)48-41(47)37-28(4)43-42-45(39(37)31-18-22-34(49-5)23-19-31)40(46)36(50-42)25-32-24-35(29-12-8-6-9-13-29)44(33-20-16-27(3)17-21-33)38(32)30-14-10-7-11-15-30/h6-26,39H,1-5H3/b36-25-/t39-/m1/s1. The van der Waals surface area contributed by atoms with Gasteiger partial charge in [0.25, 0.3) is 5.56 Å². The fraction of sp³-hybridized carbons (Fsp3) is 0.167. The van der Waals surface area contributed by atoms with Crippen molar-refractivity contribution in [2.75, 3.05) is 6.26 Å². The maximum Gasteiger partial charge on any atom is 0.338 e. The second-order valence-corrected chi connectivity index (χ2v) is 14.4. The van der Waals surface area contributed by atoms with Crippen molar-refractivity contribution in [2.24, 2.45) is 4.99 Å². The molecule has 4 aromatic carbocycles. The maximum absolute atomic E-state index is 14.6. The minimum atomic E-state index is -0.679. The minimum Gasteiger partial charge on any atom is -0.459 e. The second kappa shape index (κ2) is 14.0. The quantitative estimate of drug-likeness (QED) is 0.119. The molecule has 0 unspecified atom stereocenters. The SMILES string of the molecule is CSc1ccc([C@@H]2C(C(=O)OC(C)C)=C(C)N=c3s/c(=C\c4cc(-c5ccccc5)n(-c5ccc(C)cc5)c4-c4ccccc4)c(=O)n32)cc1. The first-order valence-electron chi connectivity index (χ1n) is 16.5. The molecule has 250 valence electrons. The van der Waals surface area contributed by atoms with Crippen molar-refractivity contribution >= 4 is 35.1 Å². The summed E-state index contributed by atoms with van der Waals surface area (Å²) in [6, 6.07) is 38.6. The molecule has 0 saturated carbocycles. The van der Waals surface area contributed by atoms with Gasteiger partial charge in [-0.05, 0) is 87.0 Å². The Labute approximate surface area is 299 Å². The van der Waals surface area contributed by atoms with E-state index in [1.54, 1.807) is 16.3 Å². The largest absolute Gasteiger partial charge is 0.459 e. The highest BCUT2D eigenvalue weighted by Gasteiger charge is 2.34. The number of hydrogen-bond acceptors (Lipinski definition) is 6. The molecule has 2 aromatic heterocycles. The Hall–Kier alpha value is -5.18. The number of allylic oxidation sites excluding steroid dienone is 1. The van der Waals surface area contributed by atoms with Gasteiger partial charge in [0.15, 0.2) is 4.80 Å². The van der Waals surface area contributed by atoms with Crippen LogP contribution in [0.15, 0.2) is 141 Å². The minimum absolute atomic E-state index is 0.210. The van der Waals surface area contributed by atoms with E-state index in [0.717, 1.165) is 44.2 Å². The molecule has 0 bridgehead atoms. The first-order chi connectivity index (χ1) is 24.2. The average molecular weight is 696 g/mol. The lowest BCUT2D eigenvalue weighted by Gasteiger charge is -2.25. The summed E-state index contributed by atoms with van der Waals surface area (Å²) in [6.07, 6.45) is 3.68. The number of hydrogen-bond donors (Lipinski definition) is 0. The Morgan fingerprint density at radius 3 is 2.14 bits per heavy atom. The molecule has 1 aliphatic rings. The summed E-state index contributed by atoms with van der Waals surface area (Å²) in [5.74, 6) is -0.469. The maximum atomic E-state index is 14.6. The highest BCUT2D eigenvalue weighted by Crippen LogP contribution is 2.37. The van der Waals surface area contributed by atoms with Gasteiger partial charge in [0.1, 0.15) is 0 Å². The van der Waals surface area contributed by atoms with Crippen LogP contribution < -0.4 is 14.9 Å². The van der Waals surface area contributed by atoms with Gasteiger partial charge in [0, 0.05) is 16.1 Å². The first-order valence-corrected chi connectivity index (χ1v) is 18.6. The van der Waals surface area contributed by atoms with E-state index in [9.17, 15) is 9.59 Å². The summed E-state index contributed by atoms with van der Waals surface area (Å²) in [5.41, 5.74) is 8.69. The zero-order chi connectivity index (χ0) is 34.9. The number of thiazole rings is 1. The number of aryl methyl sites for hydroxylation is 1. The van der Waals surface area contributed by atoms with Crippen LogP contribution >= 0.6 is 23.1 Å². The Morgan fingerprint density at radius 1 is 0.880 bits per heavy atom. The number of ether oxygens (including phenoxy) is 1. The number of carbonyl (C=O) groups is 1. The zero-order valence-corrected chi connectivity index (χ0v) is 30.2. The molecule has 0 spiro atoms. The van der Waals surface area contributed by atoms with Gasteiger partial charge < -0.3 is 9.30 Å².